The van der Waals surface area contributed by atoms with E-state index in [1.165, 1.54) is 5.06 Å². The molecular formula is C7H11N2O2. The molecule has 0 aromatic carbocycles. The molecule has 0 bridgehead atoms. The predicted octanol–water partition coefficient (Wildman–Crippen LogP) is 0.995. The van der Waals surface area contributed by atoms with Gasteiger partial charge in [-0.25, -0.2) is 10.5 Å². The molecule has 0 unspecified atom stereocenters. The van der Waals surface area contributed by atoms with E-state index in [2.05, 4.69) is 18.0 Å². The highest BCUT2D eigenvalue weighted by atomic mass is 16.7. The number of hydrogen-bond donors (Lipinski definition) is 0. The van der Waals surface area contributed by atoms with Gasteiger partial charge < -0.3 is 4.84 Å². The Balaban J connectivity index is 3.76. The molecule has 4 heteroatoms. The number of amides is 1. The summed E-state index contributed by atoms with van der Waals surface area (Å²) < 4.78 is 0. The van der Waals surface area contributed by atoms with Crippen molar-refractivity contribution in [2.75, 3.05) is 13.1 Å². The Morgan fingerprint density at radius 2 is 1.91 bits per heavy atom. The Morgan fingerprint density at radius 1 is 1.45 bits per heavy atom. The zero-order chi connectivity index (χ0) is 8.69. The first-order chi connectivity index (χ1) is 5.20. The third-order valence-corrected chi connectivity index (χ3v) is 0.877. The van der Waals surface area contributed by atoms with E-state index in [9.17, 15) is 4.79 Å². The third kappa shape index (κ3) is 5.17. The van der Waals surface area contributed by atoms with Crippen LogP contribution < -0.4 is 5.73 Å². The zero-order valence-corrected chi connectivity index (χ0v) is 6.25. The second kappa shape index (κ2) is 5.49. The summed E-state index contributed by atoms with van der Waals surface area (Å²) in [6.07, 6.45) is 2.08. The fraction of sp³-hybridized carbons (Fsp3) is 0.286. The molecule has 0 aliphatic rings. The molecule has 0 aliphatic heterocycles. The van der Waals surface area contributed by atoms with Gasteiger partial charge in [0.25, 0.3) is 0 Å². The van der Waals surface area contributed by atoms with Crippen LogP contribution in [0.1, 0.15) is 0 Å². The summed E-state index contributed by atoms with van der Waals surface area (Å²) in [5.41, 5.74) is 6.49. The largest absolute Gasteiger partial charge is 0.445 e. The summed E-state index contributed by atoms with van der Waals surface area (Å²) in [6, 6.07) is 0. The maximum absolute atomic E-state index is 10.1. The minimum Gasteiger partial charge on any atom is -0.349 e. The van der Waals surface area contributed by atoms with Gasteiger partial charge in [0.15, 0.2) is 0 Å². The molecule has 61 valence electrons. The Kier molecular flexibility index (Phi) is 4.85. The number of hydrogen-bond acceptors (Lipinski definition) is 3. The van der Waals surface area contributed by atoms with Gasteiger partial charge in [0, 0.05) is 0 Å². The van der Waals surface area contributed by atoms with Gasteiger partial charge in [-0.1, -0.05) is 12.2 Å². The summed E-state index contributed by atoms with van der Waals surface area (Å²) in [5.74, 6) is 0. The minimum absolute atomic E-state index is 0.399. The van der Waals surface area contributed by atoms with E-state index < -0.39 is 6.09 Å². The summed E-state index contributed by atoms with van der Waals surface area (Å²) in [5, 5.41) is 1.29. The highest BCUT2D eigenvalue weighted by molar-refractivity contribution is 5.63. The van der Waals surface area contributed by atoms with Crippen LogP contribution in [-0.2, 0) is 4.84 Å². The average Bonchev–Trinajstić information content (AvgIpc) is 1.87. The molecule has 0 rings (SSSR count). The second-order valence-electron chi connectivity index (χ2n) is 1.80. The van der Waals surface area contributed by atoms with Crippen LogP contribution in [0.3, 0.4) is 0 Å². The van der Waals surface area contributed by atoms with Gasteiger partial charge in [0.1, 0.15) is 0 Å². The number of hydroxylamine groups is 2. The number of rotatable bonds is 5. The lowest BCUT2D eigenvalue weighted by Gasteiger charge is -2.14. The van der Waals surface area contributed by atoms with Crippen molar-refractivity contribution in [1.29, 1.82) is 0 Å². The van der Waals surface area contributed by atoms with Crippen LogP contribution in [0.4, 0.5) is 4.79 Å². The summed E-state index contributed by atoms with van der Waals surface area (Å²) in [7, 11) is 0. The van der Waals surface area contributed by atoms with Crippen molar-refractivity contribution < 1.29 is 9.63 Å². The number of nitrogens with one attached hydrogen (secondary N) is 1. The van der Waals surface area contributed by atoms with Crippen molar-refractivity contribution >= 4 is 6.09 Å². The predicted molar refractivity (Wildman–Crippen MR) is 41.5 cm³/mol. The van der Waals surface area contributed by atoms with E-state index in [-0.39, 0.29) is 0 Å². The van der Waals surface area contributed by atoms with Crippen molar-refractivity contribution in [2.24, 2.45) is 0 Å². The lowest BCUT2D eigenvalue weighted by Crippen LogP contribution is -2.27. The highest BCUT2D eigenvalue weighted by Gasteiger charge is 2.04. The number of carbonyl (C=O) groups is 1. The molecule has 0 atom stereocenters. The molecule has 0 saturated heterocycles. The molecule has 0 saturated carbocycles. The van der Waals surface area contributed by atoms with E-state index in [0.29, 0.717) is 13.1 Å². The van der Waals surface area contributed by atoms with E-state index in [1.807, 2.05) is 0 Å². The van der Waals surface area contributed by atoms with Gasteiger partial charge in [-0.05, 0) is 0 Å². The van der Waals surface area contributed by atoms with E-state index in [4.69, 9.17) is 5.73 Å². The van der Waals surface area contributed by atoms with Crippen molar-refractivity contribution in [1.82, 2.24) is 10.8 Å². The fourth-order valence-electron chi connectivity index (χ4n) is 0.554. The Labute approximate surface area is 65.9 Å². The molecule has 11 heavy (non-hydrogen) atoms. The Bertz CT molecular complexity index is 147. The first-order valence-electron chi connectivity index (χ1n) is 3.11. The van der Waals surface area contributed by atoms with E-state index in [1.54, 1.807) is 12.2 Å². The maximum atomic E-state index is 10.1. The standard InChI is InChI=1S/C7H11N2O2/c1-3-5-9(6-4-2)11-7(8)10/h3-4,8H,1-2,5-6H2. The molecule has 0 heterocycles. The molecule has 0 fully saturated rings. The smallest absolute Gasteiger partial charge is 0.349 e. The van der Waals surface area contributed by atoms with E-state index in [0.717, 1.165) is 0 Å². The molecule has 1 amide bonds. The van der Waals surface area contributed by atoms with Crippen LogP contribution in [-0.4, -0.2) is 24.2 Å². The van der Waals surface area contributed by atoms with Crippen molar-refractivity contribution in [3.63, 3.8) is 0 Å². The molecule has 0 aromatic heterocycles. The molecule has 0 aliphatic carbocycles. The third-order valence-electron chi connectivity index (χ3n) is 0.877. The van der Waals surface area contributed by atoms with E-state index >= 15 is 0 Å². The number of nitrogens with zero attached hydrogens (tertiary/aromatic N) is 1. The Hall–Kier alpha value is -1.29. The summed E-state index contributed by atoms with van der Waals surface area (Å²) in [6.45, 7) is 7.72. The molecule has 0 aromatic rings. The van der Waals surface area contributed by atoms with Gasteiger partial charge in [-0.15, -0.1) is 18.2 Å². The van der Waals surface area contributed by atoms with Gasteiger partial charge in [0.05, 0.1) is 13.1 Å². The topological polar surface area (TPSA) is 53.3 Å². The van der Waals surface area contributed by atoms with Gasteiger partial charge in [0.2, 0.25) is 0 Å². The van der Waals surface area contributed by atoms with Crippen LogP contribution >= 0.6 is 0 Å². The fourth-order valence-corrected chi connectivity index (χ4v) is 0.554. The number of carbonyl (C=O) groups excluding carboxylic acids is 1. The quantitative estimate of drug-likeness (QED) is 0.439. The molecule has 4 nitrogen and oxygen atoms in total. The molecular weight excluding hydrogens is 144 g/mol. The average molecular weight is 155 g/mol. The molecule has 0 spiro atoms. The second-order valence-corrected chi connectivity index (χ2v) is 1.80. The lowest BCUT2D eigenvalue weighted by molar-refractivity contribution is -0.0781. The van der Waals surface area contributed by atoms with Crippen molar-refractivity contribution in [3.8, 4) is 0 Å². The van der Waals surface area contributed by atoms with Gasteiger partial charge >= 0.3 is 6.09 Å². The van der Waals surface area contributed by atoms with Crippen LogP contribution in [0.15, 0.2) is 25.3 Å². The first-order valence-corrected chi connectivity index (χ1v) is 3.11. The summed E-state index contributed by atoms with van der Waals surface area (Å²) >= 11 is 0. The lowest BCUT2D eigenvalue weighted by atomic mass is 10.5. The van der Waals surface area contributed by atoms with Crippen molar-refractivity contribution in [3.05, 3.63) is 25.3 Å². The molecule has 1 N–H and O–H groups in total. The van der Waals surface area contributed by atoms with Crippen LogP contribution in [0.5, 0.6) is 0 Å². The van der Waals surface area contributed by atoms with Gasteiger partial charge in [-0.2, -0.15) is 0 Å². The first kappa shape index (κ1) is 9.71. The van der Waals surface area contributed by atoms with Crippen molar-refractivity contribution in [2.45, 2.75) is 0 Å². The Morgan fingerprint density at radius 3 is 2.18 bits per heavy atom. The minimum atomic E-state index is -1.08. The SMILES string of the molecule is C=CCN(CC=C)OC([NH])=O. The van der Waals surface area contributed by atoms with Crippen LogP contribution in [0.25, 0.3) is 0 Å². The maximum Gasteiger partial charge on any atom is 0.445 e. The monoisotopic (exact) mass is 155 g/mol. The van der Waals surface area contributed by atoms with Crippen LogP contribution in [0, 0.1) is 0 Å². The van der Waals surface area contributed by atoms with Gasteiger partial charge in [-0.3, -0.25) is 0 Å². The summed E-state index contributed by atoms with van der Waals surface area (Å²) in [4.78, 5) is 14.6. The van der Waals surface area contributed by atoms with Crippen LogP contribution in [0.2, 0.25) is 0 Å². The normalized spacial score (nSPS) is 9.18. The zero-order valence-electron chi connectivity index (χ0n) is 6.25. The molecule has 1 radical (unpaired) electrons. The highest BCUT2D eigenvalue weighted by Crippen LogP contribution is 1.90.